The molecule has 162 valence electrons. The minimum atomic E-state index is -3.38. The first kappa shape index (κ1) is 19.6. The molecule has 6 rings (SSSR count). The summed E-state index contributed by atoms with van der Waals surface area (Å²) in [6, 6.07) is 14.2. The summed E-state index contributed by atoms with van der Waals surface area (Å²) in [4.78, 5) is 9.54. The second-order valence-electron chi connectivity index (χ2n) is 8.83. The molecule has 0 radical (unpaired) electrons. The van der Waals surface area contributed by atoms with Crippen LogP contribution in [0.1, 0.15) is 48.3 Å². The summed E-state index contributed by atoms with van der Waals surface area (Å²) < 4.78 is 41.9. The van der Waals surface area contributed by atoms with Gasteiger partial charge in [0, 0.05) is 47.7 Å². The van der Waals surface area contributed by atoms with Crippen molar-refractivity contribution in [2.24, 2.45) is 0 Å². The fraction of sp³-hybridized carbons (Fsp3) is 0.280. The Kier molecular flexibility index (Phi) is 4.27. The average Bonchev–Trinajstić information content (AvgIpc) is 3.45. The first-order valence-corrected chi connectivity index (χ1v) is 12.7. The summed E-state index contributed by atoms with van der Waals surface area (Å²) in [7, 11) is -3.38. The maximum Gasteiger partial charge on any atom is 0.175 e. The van der Waals surface area contributed by atoms with Crippen LogP contribution >= 0.6 is 0 Å². The molecule has 7 heteroatoms. The highest BCUT2D eigenvalue weighted by Crippen LogP contribution is 2.41. The molecule has 32 heavy (non-hydrogen) atoms. The topological polar surface area (TPSA) is 64.8 Å². The zero-order chi connectivity index (χ0) is 22.0. The average molecular weight is 448 g/mol. The number of imidazole rings is 1. The number of sulfone groups is 1. The Morgan fingerprint density at radius 1 is 1.06 bits per heavy atom. The van der Waals surface area contributed by atoms with Crippen LogP contribution in [0.4, 0.5) is 4.39 Å². The predicted molar refractivity (Wildman–Crippen MR) is 121 cm³/mol. The summed E-state index contributed by atoms with van der Waals surface area (Å²) in [6.07, 6.45) is 6.80. The summed E-state index contributed by atoms with van der Waals surface area (Å²) in [5.41, 5.74) is 4.44. The van der Waals surface area contributed by atoms with E-state index in [1.807, 2.05) is 30.3 Å². The van der Waals surface area contributed by atoms with Gasteiger partial charge in [-0.1, -0.05) is 24.3 Å². The van der Waals surface area contributed by atoms with E-state index in [4.69, 9.17) is 0 Å². The molecule has 2 aromatic heterocycles. The molecule has 5 nitrogen and oxygen atoms in total. The molecule has 1 fully saturated rings. The second kappa shape index (κ2) is 6.97. The van der Waals surface area contributed by atoms with E-state index < -0.39 is 9.84 Å². The van der Waals surface area contributed by atoms with E-state index in [0.717, 1.165) is 34.6 Å². The Morgan fingerprint density at radius 3 is 2.59 bits per heavy atom. The van der Waals surface area contributed by atoms with Crippen molar-refractivity contribution in [3.63, 3.8) is 0 Å². The van der Waals surface area contributed by atoms with E-state index in [1.165, 1.54) is 25.2 Å². The molecule has 0 saturated heterocycles. The number of hydrogen-bond acceptors (Lipinski definition) is 4. The summed E-state index contributed by atoms with van der Waals surface area (Å²) in [5, 5.41) is 0. The minimum Gasteiger partial charge on any atom is -0.320 e. The number of aromatic nitrogens is 3. The van der Waals surface area contributed by atoms with Gasteiger partial charge in [-0.25, -0.2) is 17.8 Å². The van der Waals surface area contributed by atoms with E-state index in [1.54, 1.807) is 18.3 Å². The van der Waals surface area contributed by atoms with Crippen molar-refractivity contribution < 1.29 is 12.8 Å². The molecule has 4 aromatic rings. The van der Waals surface area contributed by atoms with Crippen molar-refractivity contribution in [1.29, 1.82) is 0 Å². The first-order valence-electron chi connectivity index (χ1n) is 10.9. The Morgan fingerprint density at radius 2 is 1.88 bits per heavy atom. The Balaban J connectivity index is 1.49. The molecule has 0 amide bonds. The van der Waals surface area contributed by atoms with Gasteiger partial charge in [0.1, 0.15) is 11.6 Å². The molecule has 1 atom stereocenters. The van der Waals surface area contributed by atoms with Crippen LogP contribution in [0.25, 0.3) is 22.2 Å². The smallest absolute Gasteiger partial charge is 0.175 e. The van der Waals surface area contributed by atoms with Crippen LogP contribution in [0.5, 0.6) is 0 Å². The Bertz CT molecular complexity index is 1470. The van der Waals surface area contributed by atoms with Gasteiger partial charge in [-0.3, -0.25) is 4.98 Å². The van der Waals surface area contributed by atoms with Gasteiger partial charge in [-0.15, -0.1) is 0 Å². The van der Waals surface area contributed by atoms with Crippen molar-refractivity contribution in [3.05, 3.63) is 77.6 Å². The van der Waals surface area contributed by atoms with Crippen LogP contribution in [0.3, 0.4) is 0 Å². The zero-order valence-electron chi connectivity index (χ0n) is 17.6. The van der Waals surface area contributed by atoms with Crippen molar-refractivity contribution >= 4 is 20.9 Å². The number of aryl methyl sites for hydroxylation is 1. The van der Waals surface area contributed by atoms with Gasteiger partial charge in [0.15, 0.2) is 9.84 Å². The lowest BCUT2D eigenvalue weighted by Crippen LogP contribution is -2.11. The molecule has 1 saturated carbocycles. The van der Waals surface area contributed by atoms with Gasteiger partial charge in [-0.2, -0.15) is 0 Å². The molecule has 0 bridgehead atoms. The summed E-state index contributed by atoms with van der Waals surface area (Å²) in [5.74, 6) is 1.07. The standard InChI is InChI=1S/C25H22FN3O2S/c1-32(30,31)24-5-3-2-4-17(24)22-10-11-25-28-21-13-19(26)18(12-23(21)29(22)25)16-8-9-20(27-14-16)15-6-7-15/h2-5,8-9,12-15,22H,6-7,10-11H2,1H3/t22-/m0/s1. The number of rotatable bonds is 4. The fourth-order valence-electron chi connectivity index (χ4n) is 4.88. The zero-order valence-corrected chi connectivity index (χ0v) is 18.4. The SMILES string of the molecule is CS(=O)(=O)c1ccccc1[C@@H]1CCc2nc3cc(F)c(-c4ccc(C5CC5)nc4)cc3n21. The van der Waals surface area contributed by atoms with E-state index in [0.29, 0.717) is 28.3 Å². The number of hydrogen-bond donors (Lipinski definition) is 0. The molecular weight excluding hydrogens is 425 g/mol. The predicted octanol–water partition coefficient (Wildman–Crippen LogP) is 5.05. The van der Waals surface area contributed by atoms with Crippen molar-refractivity contribution in [3.8, 4) is 11.1 Å². The third-order valence-electron chi connectivity index (χ3n) is 6.57. The van der Waals surface area contributed by atoms with Gasteiger partial charge >= 0.3 is 0 Å². The molecule has 0 N–H and O–H groups in total. The molecule has 3 heterocycles. The monoisotopic (exact) mass is 447 g/mol. The molecule has 1 aliphatic heterocycles. The van der Waals surface area contributed by atoms with E-state index in [-0.39, 0.29) is 11.9 Å². The molecule has 2 aliphatic rings. The maximum absolute atomic E-state index is 15.0. The van der Waals surface area contributed by atoms with E-state index in [9.17, 15) is 8.42 Å². The number of benzene rings is 2. The normalized spacial score (nSPS) is 18.2. The van der Waals surface area contributed by atoms with Crippen molar-refractivity contribution in [2.45, 2.75) is 42.5 Å². The third kappa shape index (κ3) is 3.14. The molecule has 1 aliphatic carbocycles. The van der Waals surface area contributed by atoms with Crippen LogP contribution in [0.2, 0.25) is 0 Å². The molecule has 2 aromatic carbocycles. The number of nitrogens with zero attached hydrogens (tertiary/aromatic N) is 3. The number of pyridine rings is 1. The summed E-state index contributed by atoms with van der Waals surface area (Å²) >= 11 is 0. The Hall–Kier alpha value is -3.06. The highest BCUT2D eigenvalue weighted by Gasteiger charge is 2.31. The quantitative estimate of drug-likeness (QED) is 0.439. The van der Waals surface area contributed by atoms with Crippen LogP contribution in [-0.4, -0.2) is 29.2 Å². The summed E-state index contributed by atoms with van der Waals surface area (Å²) in [6.45, 7) is 0. The van der Waals surface area contributed by atoms with Crippen LogP contribution in [0, 0.1) is 5.82 Å². The van der Waals surface area contributed by atoms with Crippen molar-refractivity contribution in [2.75, 3.05) is 6.26 Å². The van der Waals surface area contributed by atoms with Gasteiger partial charge in [0.05, 0.1) is 22.0 Å². The van der Waals surface area contributed by atoms with E-state index >= 15 is 4.39 Å². The lowest BCUT2D eigenvalue weighted by molar-refractivity contribution is 0.589. The van der Waals surface area contributed by atoms with Crippen LogP contribution in [-0.2, 0) is 16.3 Å². The number of halogens is 1. The third-order valence-corrected chi connectivity index (χ3v) is 7.75. The van der Waals surface area contributed by atoms with E-state index in [2.05, 4.69) is 14.5 Å². The van der Waals surface area contributed by atoms with Gasteiger partial charge in [-0.05, 0) is 43.0 Å². The number of fused-ring (bicyclic) bond motifs is 3. The fourth-order valence-corrected chi connectivity index (χ4v) is 5.84. The largest absolute Gasteiger partial charge is 0.320 e. The Labute approximate surface area is 185 Å². The molecule has 0 unspecified atom stereocenters. The minimum absolute atomic E-state index is 0.158. The van der Waals surface area contributed by atoms with Crippen LogP contribution < -0.4 is 0 Å². The second-order valence-corrected chi connectivity index (χ2v) is 10.8. The highest BCUT2D eigenvalue weighted by molar-refractivity contribution is 7.90. The van der Waals surface area contributed by atoms with Gasteiger partial charge in [0.2, 0.25) is 0 Å². The van der Waals surface area contributed by atoms with Gasteiger partial charge in [0.25, 0.3) is 0 Å². The first-order chi connectivity index (χ1) is 15.4. The highest BCUT2D eigenvalue weighted by atomic mass is 32.2. The lowest BCUT2D eigenvalue weighted by Gasteiger charge is -2.18. The maximum atomic E-state index is 15.0. The molecule has 0 spiro atoms. The molecular formula is C25H22FN3O2S. The van der Waals surface area contributed by atoms with Crippen molar-refractivity contribution in [1.82, 2.24) is 14.5 Å². The van der Waals surface area contributed by atoms with Gasteiger partial charge < -0.3 is 4.57 Å². The lowest BCUT2D eigenvalue weighted by atomic mass is 10.0. The van der Waals surface area contributed by atoms with Crippen LogP contribution in [0.15, 0.2) is 59.6 Å².